The van der Waals surface area contributed by atoms with E-state index in [9.17, 15) is 14.4 Å². The highest BCUT2D eigenvalue weighted by molar-refractivity contribution is 6.10. The van der Waals surface area contributed by atoms with Crippen molar-refractivity contribution in [2.45, 2.75) is 12.5 Å². The summed E-state index contributed by atoms with van der Waals surface area (Å²) < 4.78 is 0. The second kappa shape index (κ2) is 6.77. The van der Waals surface area contributed by atoms with E-state index >= 15 is 0 Å². The van der Waals surface area contributed by atoms with Crippen LogP contribution >= 0.6 is 0 Å². The molecule has 1 aliphatic heterocycles. The maximum Gasteiger partial charge on any atom is 0.325 e. The van der Waals surface area contributed by atoms with Crippen LogP contribution in [0.25, 0.3) is 10.8 Å². The first-order valence-electron chi connectivity index (χ1n) is 8.81. The van der Waals surface area contributed by atoms with Gasteiger partial charge < -0.3 is 10.6 Å². The first kappa shape index (κ1) is 17.7. The minimum atomic E-state index is -1.22. The van der Waals surface area contributed by atoms with Gasteiger partial charge in [-0.05, 0) is 41.5 Å². The third kappa shape index (κ3) is 3.07. The van der Waals surface area contributed by atoms with Crippen molar-refractivity contribution >= 4 is 34.3 Å². The molecule has 3 aromatic rings. The van der Waals surface area contributed by atoms with Gasteiger partial charge in [-0.15, -0.1) is 0 Å². The summed E-state index contributed by atoms with van der Waals surface area (Å²) in [6.07, 6.45) is 3.08. The van der Waals surface area contributed by atoms with Crippen LogP contribution in [-0.4, -0.2) is 34.3 Å². The number of hydrogen-bond acceptors (Lipinski definition) is 4. The summed E-state index contributed by atoms with van der Waals surface area (Å²) in [5.74, 6) is -0.921. The summed E-state index contributed by atoms with van der Waals surface area (Å²) in [7, 11) is 0. The molecular weight excluding hydrogens is 356 g/mol. The molecule has 0 aliphatic carbocycles. The van der Waals surface area contributed by atoms with E-state index in [4.69, 9.17) is 0 Å². The van der Waals surface area contributed by atoms with Crippen LogP contribution in [-0.2, 0) is 15.1 Å². The van der Waals surface area contributed by atoms with Gasteiger partial charge in [-0.2, -0.15) is 0 Å². The van der Waals surface area contributed by atoms with E-state index in [1.165, 1.54) is 0 Å². The summed E-state index contributed by atoms with van der Waals surface area (Å²) in [6.45, 7) is 1.29. The summed E-state index contributed by atoms with van der Waals surface area (Å²) in [4.78, 5) is 42.5. The van der Waals surface area contributed by atoms with E-state index < -0.39 is 23.4 Å². The summed E-state index contributed by atoms with van der Waals surface area (Å²) >= 11 is 0. The molecule has 0 radical (unpaired) electrons. The number of rotatable bonds is 4. The van der Waals surface area contributed by atoms with Crippen molar-refractivity contribution in [2.75, 3.05) is 11.9 Å². The van der Waals surface area contributed by atoms with E-state index in [1.54, 1.807) is 31.5 Å². The normalized spacial score (nSPS) is 19.0. The number of pyridine rings is 1. The number of nitrogens with zero attached hydrogens (tertiary/aromatic N) is 2. The first-order valence-corrected chi connectivity index (χ1v) is 8.81. The highest BCUT2D eigenvalue weighted by Gasteiger charge is 2.49. The molecule has 2 N–H and O–H groups in total. The first-order chi connectivity index (χ1) is 13.5. The predicted molar refractivity (Wildman–Crippen MR) is 104 cm³/mol. The fourth-order valence-corrected chi connectivity index (χ4v) is 3.32. The number of hydrogen-bond donors (Lipinski definition) is 2. The number of imide groups is 1. The minimum absolute atomic E-state index is 0.365. The lowest BCUT2D eigenvalue weighted by atomic mass is 9.90. The molecule has 0 saturated carbocycles. The van der Waals surface area contributed by atoms with E-state index in [1.807, 2.05) is 42.5 Å². The number of fused-ring (bicyclic) bond motifs is 1. The lowest BCUT2D eigenvalue weighted by Gasteiger charge is -2.22. The van der Waals surface area contributed by atoms with Crippen molar-refractivity contribution in [3.63, 3.8) is 0 Å². The van der Waals surface area contributed by atoms with Gasteiger partial charge in [0.2, 0.25) is 5.91 Å². The van der Waals surface area contributed by atoms with E-state index in [0.29, 0.717) is 11.3 Å². The molecular formula is C21H18N4O3. The number of urea groups is 1. The van der Waals surface area contributed by atoms with Crippen LogP contribution in [0, 0.1) is 0 Å². The maximum atomic E-state index is 13.0. The molecule has 1 atom stereocenters. The zero-order valence-corrected chi connectivity index (χ0v) is 15.2. The van der Waals surface area contributed by atoms with Crippen LogP contribution in [0.1, 0.15) is 12.5 Å². The Bertz CT molecular complexity index is 1080. The van der Waals surface area contributed by atoms with E-state index in [-0.39, 0.29) is 6.54 Å². The van der Waals surface area contributed by atoms with Crippen LogP contribution in [0.3, 0.4) is 0 Å². The Balaban J connectivity index is 1.56. The number of nitrogens with one attached hydrogen (secondary N) is 2. The average Bonchev–Trinajstić information content (AvgIpc) is 2.92. The molecule has 7 heteroatoms. The van der Waals surface area contributed by atoms with E-state index in [0.717, 1.165) is 15.7 Å². The second-order valence-corrected chi connectivity index (χ2v) is 6.79. The number of benzene rings is 2. The third-order valence-electron chi connectivity index (χ3n) is 4.87. The number of anilines is 1. The Morgan fingerprint density at radius 1 is 1.07 bits per heavy atom. The van der Waals surface area contributed by atoms with Crippen LogP contribution in [0.5, 0.6) is 0 Å². The molecule has 0 bridgehead atoms. The smallest absolute Gasteiger partial charge is 0.324 e. The predicted octanol–water partition coefficient (Wildman–Crippen LogP) is 2.64. The standard InChI is InChI=1S/C21H18N4O3/c1-21(16-7-6-14-4-2-3-5-15(14)12-16)19(27)25(20(28)24-21)13-18(26)23-17-8-10-22-11-9-17/h2-12H,13H2,1H3,(H,24,28)(H,22,23,26). The van der Waals surface area contributed by atoms with Gasteiger partial charge in [0.25, 0.3) is 5.91 Å². The van der Waals surface area contributed by atoms with Gasteiger partial charge >= 0.3 is 6.03 Å². The Kier molecular flexibility index (Phi) is 4.27. The summed E-state index contributed by atoms with van der Waals surface area (Å²) in [6, 6.07) is 16.1. The van der Waals surface area contributed by atoms with Crippen LogP contribution in [0.4, 0.5) is 10.5 Å². The highest BCUT2D eigenvalue weighted by atomic mass is 16.2. The fourth-order valence-electron chi connectivity index (χ4n) is 3.32. The molecule has 1 fully saturated rings. The largest absolute Gasteiger partial charge is 0.325 e. The second-order valence-electron chi connectivity index (χ2n) is 6.79. The van der Waals surface area contributed by atoms with Gasteiger partial charge in [-0.25, -0.2) is 4.79 Å². The van der Waals surface area contributed by atoms with Crippen molar-refractivity contribution in [3.8, 4) is 0 Å². The Morgan fingerprint density at radius 2 is 1.79 bits per heavy atom. The Morgan fingerprint density at radius 3 is 2.54 bits per heavy atom. The fraction of sp³-hybridized carbons (Fsp3) is 0.143. The molecule has 1 unspecified atom stereocenters. The lowest BCUT2D eigenvalue weighted by Crippen LogP contribution is -2.42. The average molecular weight is 374 g/mol. The highest BCUT2D eigenvalue weighted by Crippen LogP contribution is 2.31. The molecule has 140 valence electrons. The Labute approximate surface area is 161 Å². The van der Waals surface area contributed by atoms with Gasteiger partial charge in [0.1, 0.15) is 12.1 Å². The topological polar surface area (TPSA) is 91.4 Å². The number of carbonyl (C=O) groups is 3. The molecule has 0 spiro atoms. The minimum Gasteiger partial charge on any atom is -0.324 e. The van der Waals surface area contributed by atoms with E-state index in [2.05, 4.69) is 15.6 Å². The van der Waals surface area contributed by atoms with Crippen LogP contribution in [0.15, 0.2) is 67.0 Å². The SMILES string of the molecule is CC1(c2ccc3ccccc3c2)NC(=O)N(CC(=O)Nc2ccncc2)C1=O. The van der Waals surface area contributed by atoms with Gasteiger partial charge in [0.15, 0.2) is 0 Å². The molecule has 4 amide bonds. The number of aromatic nitrogens is 1. The summed E-state index contributed by atoms with van der Waals surface area (Å²) in [5.41, 5.74) is -0.0103. The zero-order chi connectivity index (χ0) is 19.7. The molecule has 1 aliphatic rings. The quantitative estimate of drug-likeness (QED) is 0.687. The molecule has 2 aromatic carbocycles. The third-order valence-corrected chi connectivity index (χ3v) is 4.87. The molecule has 1 saturated heterocycles. The van der Waals surface area contributed by atoms with Crippen molar-refractivity contribution in [3.05, 3.63) is 72.6 Å². The van der Waals surface area contributed by atoms with Gasteiger partial charge in [0, 0.05) is 18.1 Å². The van der Waals surface area contributed by atoms with Crippen molar-refractivity contribution in [2.24, 2.45) is 0 Å². The molecule has 1 aromatic heterocycles. The molecule has 2 heterocycles. The van der Waals surface area contributed by atoms with Crippen molar-refractivity contribution < 1.29 is 14.4 Å². The van der Waals surface area contributed by atoms with Crippen molar-refractivity contribution in [1.82, 2.24) is 15.2 Å². The number of amides is 4. The van der Waals surface area contributed by atoms with Gasteiger partial charge in [-0.1, -0.05) is 36.4 Å². The molecule has 7 nitrogen and oxygen atoms in total. The molecule has 28 heavy (non-hydrogen) atoms. The van der Waals surface area contributed by atoms with Crippen LogP contribution < -0.4 is 10.6 Å². The van der Waals surface area contributed by atoms with Gasteiger partial charge in [0.05, 0.1) is 0 Å². The zero-order valence-electron chi connectivity index (χ0n) is 15.2. The van der Waals surface area contributed by atoms with Crippen LogP contribution in [0.2, 0.25) is 0 Å². The van der Waals surface area contributed by atoms with Crippen molar-refractivity contribution in [1.29, 1.82) is 0 Å². The monoisotopic (exact) mass is 374 g/mol. The Hall–Kier alpha value is -3.74. The summed E-state index contributed by atoms with van der Waals surface area (Å²) in [5, 5.41) is 7.39. The van der Waals surface area contributed by atoms with Gasteiger partial charge in [-0.3, -0.25) is 19.5 Å². The molecule has 4 rings (SSSR count). The maximum absolute atomic E-state index is 13.0. The lowest BCUT2D eigenvalue weighted by molar-refractivity contribution is -0.133. The number of carbonyl (C=O) groups excluding carboxylic acids is 3.